The van der Waals surface area contributed by atoms with Gasteiger partial charge in [0.15, 0.2) is 5.58 Å². The van der Waals surface area contributed by atoms with Crippen LogP contribution in [-0.4, -0.2) is 42.8 Å². The van der Waals surface area contributed by atoms with E-state index in [2.05, 4.69) is 21.9 Å². The molecule has 144 valence electrons. The van der Waals surface area contributed by atoms with Crippen LogP contribution in [0.5, 0.6) is 5.75 Å². The Balaban J connectivity index is 0.00000210. The van der Waals surface area contributed by atoms with Gasteiger partial charge >= 0.3 is 5.76 Å². The first-order chi connectivity index (χ1) is 12.7. The lowest BCUT2D eigenvalue weighted by Crippen LogP contribution is -2.46. The maximum atomic E-state index is 11.6. The van der Waals surface area contributed by atoms with Crippen molar-refractivity contribution >= 4 is 29.2 Å². The van der Waals surface area contributed by atoms with Crippen LogP contribution >= 0.6 is 12.4 Å². The molecule has 0 atom stereocenters. The molecule has 1 aliphatic heterocycles. The van der Waals surface area contributed by atoms with Crippen LogP contribution in [0.25, 0.3) is 11.1 Å². The summed E-state index contributed by atoms with van der Waals surface area (Å²) in [4.78, 5) is 16.4. The van der Waals surface area contributed by atoms with E-state index in [1.165, 1.54) is 4.57 Å². The Morgan fingerprint density at radius 3 is 2.56 bits per heavy atom. The van der Waals surface area contributed by atoms with Crippen LogP contribution in [-0.2, 0) is 13.6 Å². The lowest BCUT2D eigenvalue weighted by molar-refractivity contribution is 0.249. The highest BCUT2D eigenvalue weighted by atomic mass is 35.5. The molecule has 1 fully saturated rings. The summed E-state index contributed by atoms with van der Waals surface area (Å²) < 4.78 is 12.3. The van der Waals surface area contributed by atoms with Crippen LogP contribution in [0.3, 0.4) is 0 Å². The van der Waals surface area contributed by atoms with Crippen molar-refractivity contribution in [1.29, 1.82) is 0 Å². The fourth-order valence-electron chi connectivity index (χ4n) is 3.57. The Bertz CT molecular complexity index is 974. The van der Waals surface area contributed by atoms with E-state index in [-0.39, 0.29) is 18.2 Å². The number of rotatable bonds is 4. The molecule has 0 aliphatic carbocycles. The number of oxazole rings is 1. The zero-order valence-electron chi connectivity index (χ0n) is 15.6. The van der Waals surface area contributed by atoms with E-state index in [4.69, 9.17) is 9.15 Å². The fourth-order valence-corrected chi connectivity index (χ4v) is 3.57. The van der Waals surface area contributed by atoms with Crippen LogP contribution in [0.15, 0.2) is 51.7 Å². The Hall–Kier alpha value is -2.44. The Morgan fingerprint density at radius 2 is 1.81 bits per heavy atom. The first-order valence-electron chi connectivity index (χ1n) is 8.84. The number of aryl methyl sites for hydroxylation is 1. The number of aromatic nitrogens is 1. The number of ether oxygens (including phenoxy) is 1. The van der Waals surface area contributed by atoms with Crippen molar-refractivity contribution in [3.8, 4) is 5.75 Å². The number of nitrogens with zero attached hydrogens (tertiary/aromatic N) is 3. The number of hydrogen-bond donors (Lipinski definition) is 0. The van der Waals surface area contributed by atoms with Crippen molar-refractivity contribution in [2.45, 2.75) is 6.54 Å². The highest BCUT2D eigenvalue weighted by Gasteiger charge is 2.20. The summed E-state index contributed by atoms with van der Waals surface area (Å²) in [5.41, 5.74) is 3.81. The number of fused-ring (bicyclic) bond motifs is 1. The minimum Gasteiger partial charge on any atom is -0.495 e. The van der Waals surface area contributed by atoms with Crippen LogP contribution in [0.2, 0.25) is 0 Å². The monoisotopic (exact) mass is 389 g/mol. The molecule has 2 aromatic carbocycles. The Kier molecular flexibility index (Phi) is 5.77. The number of anilines is 1. The number of piperazine rings is 1. The fraction of sp³-hybridized carbons (Fsp3) is 0.350. The van der Waals surface area contributed by atoms with Gasteiger partial charge in [-0.3, -0.25) is 9.47 Å². The van der Waals surface area contributed by atoms with Gasteiger partial charge in [-0.25, -0.2) is 4.79 Å². The van der Waals surface area contributed by atoms with Gasteiger partial charge in [-0.05, 0) is 29.8 Å². The van der Waals surface area contributed by atoms with Gasteiger partial charge in [-0.1, -0.05) is 18.2 Å². The Morgan fingerprint density at radius 1 is 1.07 bits per heavy atom. The lowest BCUT2D eigenvalue weighted by Gasteiger charge is -2.36. The summed E-state index contributed by atoms with van der Waals surface area (Å²) in [6.07, 6.45) is 0. The van der Waals surface area contributed by atoms with Gasteiger partial charge in [-0.2, -0.15) is 0 Å². The standard InChI is InChI=1S/C20H23N3O3.ClH/c1-21-16-8-7-15(13-19(16)26-20(21)24)14-22-9-11-23(12-10-22)17-5-3-4-6-18(17)25-2;/h3-8,13H,9-12,14H2,1-2H3;1H. The molecule has 0 bridgehead atoms. The van der Waals surface area contributed by atoms with Gasteiger partial charge in [0.05, 0.1) is 18.3 Å². The van der Waals surface area contributed by atoms with E-state index in [1.807, 2.05) is 30.3 Å². The van der Waals surface area contributed by atoms with Crippen LogP contribution in [0, 0.1) is 0 Å². The minimum atomic E-state index is -0.317. The van der Waals surface area contributed by atoms with E-state index in [9.17, 15) is 4.79 Å². The van der Waals surface area contributed by atoms with Gasteiger partial charge in [0.2, 0.25) is 0 Å². The van der Waals surface area contributed by atoms with E-state index in [0.29, 0.717) is 5.58 Å². The number of methoxy groups -OCH3 is 1. The van der Waals surface area contributed by atoms with Gasteiger partial charge < -0.3 is 14.1 Å². The summed E-state index contributed by atoms with van der Waals surface area (Å²) in [5, 5.41) is 0. The molecule has 3 aromatic rings. The second-order valence-electron chi connectivity index (χ2n) is 6.66. The quantitative estimate of drug-likeness (QED) is 0.686. The van der Waals surface area contributed by atoms with Crippen LogP contribution in [0.1, 0.15) is 5.56 Å². The van der Waals surface area contributed by atoms with Gasteiger partial charge in [0.25, 0.3) is 0 Å². The smallest absolute Gasteiger partial charge is 0.419 e. The third-order valence-corrected chi connectivity index (χ3v) is 5.06. The third-order valence-electron chi connectivity index (χ3n) is 5.06. The summed E-state index contributed by atoms with van der Waals surface area (Å²) in [6, 6.07) is 14.2. The molecule has 7 heteroatoms. The zero-order valence-corrected chi connectivity index (χ0v) is 16.4. The van der Waals surface area contributed by atoms with Gasteiger partial charge in [0, 0.05) is 39.8 Å². The number of hydrogen-bond acceptors (Lipinski definition) is 5. The maximum Gasteiger partial charge on any atom is 0.419 e. The average Bonchev–Trinajstić information content (AvgIpc) is 2.96. The van der Waals surface area contributed by atoms with Gasteiger partial charge in [0.1, 0.15) is 5.75 Å². The normalized spacial score (nSPS) is 15.0. The van der Waals surface area contributed by atoms with Crippen molar-refractivity contribution in [3.05, 3.63) is 58.6 Å². The first-order valence-corrected chi connectivity index (χ1v) is 8.84. The summed E-state index contributed by atoms with van der Waals surface area (Å²) >= 11 is 0. The molecule has 1 aromatic heterocycles. The SMILES string of the molecule is COc1ccccc1N1CCN(Cc2ccc3c(c2)oc(=O)n3C)CC1.Cl. The van der Waals surface area contributed by atoms with Gasteiger partial charge in [-0.15, -0.1) is 12.4 Å². The summed E-state index contributed by atoms with van der Waals surface area (Å²) in [7, 11) is 3.44. The van der Waals surface area contributed by atoms with Crippen LogP contribution in [0.4, 0.5) is 5.69 Å². The largest absolute Gasteiger partial charge is 0.495 e. The predicted octanol–water partition coefficient (Wildman–Crippen LogP) is 2.88. The predicted molar refractivity (Wildman–Crippen MR) is 109 cm³/mol. The Labute approximate surface area is 164 Å². The molecular formula is C20H24ClN3O3. The molecule has 0 amide bonds. The first kappa shape index (κ1) is 19.3. The zero-order chi connectivity index (χ0) is 18.1. The molecule has 0 spiro atoms. The molecule has 0 radical (unpaired) electrons. The van der Waals surface area contributed by atoms with Crippen molar-refractivity contribution in [3.63, 3.8) is 0 Å². The van der Waals surface area contributed by atoms with E-state index in [1.54, 1.807) is 14.2 Å². The van der Waals surface area contributed by atoms with Crippen molar-refractivity contribution in [2.75, 3.05) is 38.2 Å². The molecule has 4 rings (SSSR count). The van der Waals surface area contributed by atoms with E-state index < -0.39 is 0 Å². The van der Waals surface area contributed by atoms with Crippen molar-refractivity contribution in [1.82, 2.24) is 9.47 Å². The molecular weight excluding hydrogens is 366 g/mol. The molecule has 0 unspecified atom stereocenters. The number of para-hydroxylation sites is 2. The molecule has 2 heterocycles. The summed E-state index contributed by atoms with van der Waals surface area (Å²) in [5.74, 6) is 0.605. The lowest BCUT2D eigenvalue weighted by atomic mass is 10.1. The average molecular weight is 390 g/mol. The van der Waals surface area contributed by atoms with E-state index >= 15 is 0 Å². The highest BCUT2D eigenvalue weighted by molar-refractivity contribution is 5.85. The third kappa shape index (κ3) is 3.82. The molecule has 6 nitrogen and oxygen atoms in total. The minimum absolute atomic E-state index is 0. The number of benzene rings is 2. The highest BCUT2D eigenvalue weighted by Crippen LogP contribution is 2.28. The topological polar surface area (TPSA) is 50.9 Å². The molecule has 1 saturated heterocycles. The van der Waals surface area contributed by atoms with Crippen molar-refractivity contribution < 1.29 is 9.15 Å². The van der Waals surface area contributed by atoms with Crippen LogP contribution < -0.4 is 15.4 Å². The molecule has 0 N–H and O–H groups in total. The number of halogens is 1. The summed E-state index contributed by atoms with van der Waals surface area (Å²) in [6.45, 7) is 4.74. The molecule has 1 aliphatic rings. The van der Waals surface area contributed by atoms with E-state index in [0.717, 1.165) is 55.2 Å². The van der Waals surface area contributed by atoms with Crippen molar-refractivity contribution in [2.24, 2.45) is 7.05 Å². The maximum absolute atomic E-state index is 11.6. The molecule has 27 heavy (non-hydrogen) atoms. The second-order valence-corrected chi connectivity index (χ2v) is 6.66. The molecule has 0 saturated carbocycles. The second kappa shape index (κ2) is 8.06.